The predicted octanol–water partition coefficient (Wildman–Crippen LogP) is 3.73. The Bertz CT molecular complexity index is 704. The van der Waals surface area contributed by atoms with Crippen molar-refractivity contribution in [3.63, 3.8) is 0 Å². The first-order valence-corrected chi connectivity index (χ1v) is 7.18. The van der Waals surface area contributed by atoms with Gasteiger partial charge in [0.15, 0.2) is 5.78 Å². The zero-order chi connectivity index (χ0) is 17.7. The van der Waals surface area contributed by atoms with E-state index in [1.165, 1.54) is 11.8 Å². The van der Waals surface area contributed by atoms with E-state index in [9.17, 15) is 22.8 Å². The van der Waals surface area contributed by atoms with Crippen LogP contribution in [0.5, 0.6) is 0 Å². The van der Waals surface area contributed by atoms with Crippen LogP contribution in [-0.4, -0.2) is 23.2 Å². The molecule has 1 amide bonds. The van der Waals surface area contributed by atoms with Crippen LogP contribution >= 0.6 is 0 Å². The first-order valence-electron chi connectivity index (χ1n) is 7.18. The average molecular weight is 336 g/mol. The number of pyridine rings is 1. The van der Waals surface area contributed by atoms with Crippen LogP contribution in [0.4, 0.5) is 18.9 Å². The summed E-state index contributed by atoms with van der Waals surface area (Å²) in [5.74, 6) is -0.612. The minimum absolute atomic E-state index is 0.0496. The average Bonchev–Trinajstić information content (AvgIpc) is 2.56. The second-order valence-corrected chi connectivity index (χ2v) is 5.10. The number of halogens is 3. The van der Waals surface area contributed by atoms with E-state index in [1.54, 1.807) is 12.4 Å². The molecular weight excluding hydrogens is 321 g/mol. The Kier molecular flexibility index (Phi) is 5.33. The third-order valence-electron chi connectivity index (χ3n) is 3.43. The molecule has 1 aromatic heterocycles. The molecule has 7 heteroatoms. The van der Waals surface area contributed by atoms with Gasteiger partial charge in [-0.2, -0.15) is 13.2 Å². The van der Waals surface area contributed by atoms with Crippen molar-refractivity contribution >= 4 is 17.4 Å². The monoisotopic (exact) mass is 336 g/mol. The largest absolute Gasteiger partial charge is 0.416 e. The zero-order valence-corrected chi connectivity index (χ0v) is 12.9. The van der Waals surface area contributed by atoms with Crippen LogP contribution in [0, 0.1) is 0 Å². The van der Waals surface area contributed by atoms with Crippen LogP contribution in [0.15, 0.2) is 48.8 Å². The van der Waals surface area contributed by atoms with Crippen LogP contribution in [0.3, 0.4) is 0 Å². The van der Waals surface area contributed by atoms with Crippen molar-refractivity contribution in [3.05, 3.63) is 59.9 Å². The Labute approximate surface area is 136 Å². The molecule has 1 aliphatic rings. The molecule has 1 aromatic carbocycles. The minimum Gasteiger partial charge on any atom is -0.311 e. The van der Waals surface area contributed by atoms with Gasteiger partial charge in [0.05, 0.1) is 11.3 Å². The molecule has 126 valence electrons. The van der Waals surface area contributed by atoms with Gasteiger partial charge in [0.1, 0.15) is 0 Å². The summed E-state index contributed by atoms with van der Waals surface area (Å²) in [6.07, 6.45) is -0.851. The lowest BCUT2D eigenvalue weighted by Gasteiger charge is -2.28. The number of carbonyl (C=O) groups excluding carboxylic acids is 2. The molecule has 2 heterocycles. The maximum atomic E-state index is 12.6. The number of carbonyl (C=O) groups is 2. The highest BCUT2D eigenvalue weighted by Gasteiger charge is 2.34. The lowest BCUT2D eigenvalue weighted by atomic mass is 9.98. The molecule has 0 unspecified atom stereocenters. The molecule has 0 bridgehead atoms. The van der Waals surface area contributed by atoms with Gasteiger partial charge in [0.2, 0.25) is 5.91 Å². The summed E-state index contributed by atoms with van der Waals surface area (Å²) in [5, 5.41) is 0. The summed E-state index contributed by atoms with van der Waals surface area (Å²) in [6, 6.07) is 8.57. The van der Waals surface area contributed by atoms with Crippen molar-refractivity contribution in [2.75, 3.05) is 11.4 Å². The molecule has 4 nitrogen and oxygen atoms in total. The fourth-order valence-corrected chi connectivity index (χ4v) is 2.28. The molecule has 0 fully saturated rings. The Balaban J connectivity index is 0.000000292. The maximum Gasteiger partial charge on any atom is 0.416 e. The molecule has 0 atom stereocenters. The van der Waals surface area contributed by atoms with Gasteiger partial charge in [0.25, 0.3) is 0 Å². The van der Waals surface area contributed by atoms with E-state index in [0.717, 1.165) is 18.2 Å². The SMILES string of the molecule is CC(=O)N1CCC(=O)c2ccc(C(F)(F)F)cc21.c1ccncc1. The van der Waals surface area contributed by atoms with Gasteiger partial charge in [0, 0.05) is 37.8 Å². The molecule has 0 radical (unpaired) electrons. The third kappa shape index (κ3) is 4.18. The quantitative estimate of drug-likeness (QED) is 0.737. The number of amides is 1. The number of aromatic nitrogens is 1. The smallest absolute Gasteiger partial charge is 0.311 e. The fraction of sp³-hybridized carbons (Fsp3) is 0.235. The van der Waals surface area contributed by atoms with Gasteiger partial charge in [-0.25, -0.2) is 0 Å². The van der Waals surface area contributed by atoms with E-state index in [-0.39, 0.29) is 35.9 Å². The third-order valence-corrected chi connectivity index (χ3v) is 3.43. The van der Waals surface area contributed by atoms with Gasteiger partial charge < -0.3 is 4.90 Å². The topological polar surface area (TPSA) is 50.3 Å². The van der Waals surface area contributed by atoms with Crippen molar-refractivity contribution in [2.45, 2.75) is 19.5 Å². The summed E-state index contributed by atoms with van der Waals surface area (Å²) in [5.41, 5.74) is -0.639. The summed E-state index contributed by atoms with van der Waals surface area (Å²) < 4.78 is 37.8. The molecule has 0 saturated heterocycles. The summed E-state index contributed by atoms with van der Waals surface area (Å²) >= 11 is 0. The molecule has 0 N–H and O–H groups in total. The molecule has 3 rings (SSSR count). The number of rotatable bonds is 0. The van der Waals surface area contributed by atoms with Gasteiger partial charge in [-0.3, -0.25) is 14.6 Å². The molecule has 2 aromatic rings. The molecule has 24 heavy (non-hydrogen) atoms. The van der Waals surface area contributed by atoms with Gasteiger partial charge in [-0.1, -0.05) is 6.07 Å². The summed E-state index contributed by atoms with van der Waals surface area (Å²) in [7, 11) is 0. The lowest BCUT2D eigenvalue weighted by molar-refractivity contribution is -0.137. The standard InChI is InChI=1S/C12H10F3NO2.C5H5N/c1-7(17)16-5-4-11(18)9-3-2-8(6-10(9)16)12(13,14)15;1-2-4-6-5-3-1/h2-3,6H,4-5H2,1H3;1-5H. The van der Waals surface area contributed by atoms with E-state index < -0.39 is 11.7 Å². The number of Topliss-reactive ketones (excluding diaryl/α,β-unsaturated/α-hetero) is 1. The number of anilines is 1. The van der Waals surface area contributed by atoms with Crippen molar-refractivity contribution < 1.29 is 22.8 Å². The number of alkyl halides is 3. The van der Waals surface area contributed by atoms with Crippen LogP contribution in [0.2, 0.25) is 0 Å². The highest BCUT2D eigenvalue weighted by Crippen LogP contribution is 2.35. The number of fused-ring (bicyclic) bond motifs is 1. The van der Waals surface area contributed by atoms with Crippen molar-refractivity contribution in [2.24, 2.45) is 0 Å². The van der Waals surface area contributed by atoms with E-state index in [0.29, 0.717) is 0 Å². The molecule has 1 aliphatic heterocycles. The number of hydrogen-bond acceptors (Lipinski definition) is 3. The van der Waals surface area contributed by atoms with E-state index >= 15 is 0 Å². The number of hydrogen-bond donors (Lipinski definition) is 0. The van der Waals surface area contributed by atoms with Crippen molar-refractivity contribution in [1.29, 1.82) is 0 Å². The van der Waals surface area contributed by atoms with E-state index in [2.05, 4.69) is 4.98 Å². The predicted molar refractivity (Wildman–Crippen MR) is 82.7 cm³/mol. The lowest BCUT2D eigenvalue weighted by Crippen LogP contribution is -2.36. The molecular formula is C17H15F3N2O2. The van der Waals surface area contributed by atoms with Crippen LogP contribution in [0.25, 0.3) is 0 Å². The van der Waals surface area contributed by atoms with E-state index in [1.807, 2.05) is 18.2 Å². The number of ketones is 1. The minimum atomic E-state index is -4.49. The Morgan fingerprint density at radius 3 is 2.29 bits per heavy atom. The van der Waals surface area contributed by atoms with Gasteiger partial charge >= 0.3 is 6.18 Å². The number of benzene rings is 1. The molecule has 0 aliphatic carbocycles. The van der Waals surface area contributed by atoms with Crippen molar-refractivity contribution in [3.8, 4) is 0 Å². The van der Waals surface area contributed by atoms with Crippen molar-refractivity contribution in [1.82, 2.24) is 4.98 Å². The van der Waals surface area contributed by atoms with Gasteiger partial charge in [-0.15, -0.1) is 0 Å². The normalized spacial score (nSPS) is 13.7. The first-order chi connectivity index (χ1) is 11.3. The number of nitrogens with zero attached hydrogens (tertiary/aromatic N) is 2. The highest BCUT2D eigenvalue weighted by molar-refractivity contribution is 6.08. The molecule has 0 saturated carbocycles. The summed E-state index contributed by atoms with van der Waals surface area (Å²) in [6.45, 7) is 1.39. The van der Waals surface area contributed by atoms with Gasteiger partial charge in [-0.05, 0) is 30.3 Å². The Hall–Kier alpha value is -2.70. The maximum absolute atomic E-state index is 12.6. The van der Waals surface area contributed by atoms with E-state index in [4.69, 9.17) is 0 Å². The first kappa shape index (κ1) is 17.7. The fourth-order valence-electron chi connectivity index (χ4n) is 2.28. The molecule has 0 spiro atoms. The Morgan fingerprint density at radius 2 is 1.83 bits per heavy atom. The summed E-state index contributed by atoms with van der Waals surface area (Å²) in [4.78, 5) is 27.9. The van der Waals surface area contributed by atoms with Crippen LogP contribution in [-0.2, 0) is 11.0 Å². The van der Waals surface area contributed by atoms with Crippen LogP contribution in [0.1, 0.15) is 29.3 Å². The Morgan fingerprint density at radius 1 is 1.17 bits per heavy atom. The zero-order valence-electron chi connectivity index (χ0n) is 12.9. The van der Waals surface area contributed by atoms with Crippen LogP contribution < -0.4 is 4.90 Å². The highest BCUT2D eigenvalue weighted by atomic mass is 19.4. The second-order valence-electron chi connectivity index (χ2n) is 5.10. The second kappa shape index (κ2) is 7.25.